The highest BCUT2D eigenvalue weighted by Crippen LogP contribution is 2.40. The molecule has 1 aromatic rings. The minimum Gasteiger partial charge on any atom is -0.353 e. The van der Waals surface area contributed by atoms with Crippen molar-refractivity contribution in [1.82, 2.24) is 14.7 Å². The molecule has 92 valence electrons. The van der Waals surface area contributed by atoms with E-state index in [4.69, 9.17) is 0 Å². The van der Waals surface area contributed by atoms with Crippen LogP contribution in [0.4, 0.5) is 5.13 Å². The Hall–Kier alpha value is -1.17. The molecule has 1 saturated heterocycles. The van der Waals surface area contributed by atoms with Gasteiger partial charge in [0.05, 0.1) is 0 Å². The van der Waals surface area contributed by atoms with E-state index in [0.717, 1.165) is 23.9 Å². The van der Waals surface area contributed by atoms with Crippen LogP contribution >= 0.6 is 11.5 Å². The van der Waals surface area contributed by atoms with E-state index >= 15 is 0 Å². The zero-order chi connectivity index (χ0) is 11.8. The lowest BCUT2D eigenvalue weighted by atomic mass is 10.1. The zero-order valence-electron chi connectivity index (χ0n) is 9.85. The minimum absolute atomic E-state index is 0.0799. The third-order valence-corrected chi connectivity index (χ3v) is 4.10. The summed E-state index contributed by atoms with van der Waals surface area (Å²) in [4.78, 5) is 18.4. The number of nitrogens with zero attached hydrogens (tertiary/aromatic N) is 3. The topological polar surface area (TPSA) is 58.1 Å². The van der Waals surface area contributed by atoms with Gasteiger partial charge in [0.2, 0.25) is 11.0 Å². The maximum absolute atomic E-state index is 11.8. The molecule has 6 heteroatoms. The third-order valence-electron chi connectivity index (χ3n) is 3.34. The summed E-state index contributed by atoms with van der Waals surface area (Å²) >= 11 is 1.43. The fraction of sp³-hybridized carbons (Fsp3) is 0.727. The van der Waals surface area contributed by atoms with Crippen molar-refractivity contribution in [3.8, 4) is 0 Å². The molecule has 3 rings (SSSR count). The Balaban J connectivity index is 1.82. The van der Waals surface area contributed by atoms with Crippen molar-refractivity contribution in [2.45, 2.75) is 38.1 Å². The Kier molecular flexibility index (Phi) is 2.74. The molecule has 1 aromatic heterocycles. The first-order valence-electron chi connectivity index (χ1n) is 6.17. The van der Waals surface area contributed by atoms with Crippen molar-refractivity contribution in [3.63, 3.8) is 0 Å². The number of piperazine rings is 1. The molecule has 1 N–H and O–H groups in total. The van der Waals surface area contributed by atoms with Gasteiger partial charge in [0.25, 0.3) is 0 Å². The minimum atomic E-state index is -0.0799. The van der Waals surface area contributed by atoms with Crippen molar-refractivity contribution in [2.24, 2.45) is 0 Å². The Bertz CT molecular complexity index is 429. The second kappa shape index (κ2) is 4.25. The summed E-state index contributed by atoms with van der Waals surface area (Å²) < 4.78 is 4.40. The van der Waals surface area contributed by atoms with Gasteiger partial charge in [0, 0.05) is 30.5 Å². The molecule has 5 nitrogen and oxygen atoms in total. The predicted molar refractivity (Wildman–Crippen MR) is 66.3 cm³/mol. The number of hydrogen-bond acceptors (Lipinski definition) is 5. The fourth-order valence-corrected chi connectivity index (χ4v) is 3.02. The van der Waals surface area contributed by atoms with E-state index in [2.05, 4.69) is 19.6 Å². The average molecular weight is 252 g/mol. The molecule has 1 aliphatic carbocycles. The van der Waals surface area contributed by atoms with Crippen LogP contribution in [0.3, 0.4) is 0 Å². The second-order valence-electron chi connectivity index (χ2n) is 4.62. The van der Waals surface area contributed by atoms with E-state index in [-0.39, 0.29) is 11.9 Å². The lowest BCUT2D eigenvalue weighted by Crippen LogP contribution is -2.55. The Morgan fingerprint density at radius 2 is 2.35 bits per heavy atom. The van der Waals surface area contributed by atoms with Crippen LogP contribution in [0.5, 0.6) is 0 Å². The maximum Gasteiger partial charge on any atom is 0.242 e. The average Bonchev–Trinajstić information content (AvgIpc) is 3.07. The van der Waals surface area contributed by atoms with Crippen molar-refractivity contribution in [2.75, 3.05) is 18.0 Å². The standard InChI is InChI=1S/C11H16N4OS/c1-2-8-10(16)12-5-6-15(8)11-13-9(14-17-11)7-3-4-7/h7-8H,2-6H2,1H3,(H,12,16). The number of amides is 1. The zero-order valence-corrected chi connectivity index (χ0v) is 10.7. The van der Waals surface area contributed by atoms with E-state index in [0.29, 0.717) is 12.5 Å². The van der Waals surface area contributed by atoms with E-state index < -0.39 is 0 Å². The van der Waals surface area contributed by atoms with E-state index in [1.54, 1.807) is 0 Å². The molecule has 0 radical (unpaired) electrons. The first-order valence-corrected chi connectivity index (χ1v) is 6.95. The van der Waals surface area contributed by atoms with Gasteiger partial charge in [-0.1, -0.05) is 6.92 Å². The summed E-state index contributed by atoms with van der Waals surface area (Å²) in [6.07, 6.45) is 3.24. The summed E-state index contributed by atoms with van der Waals surface area (Å²) in [5, 5.41) is 3.81. The van der Waals surface area contributed by atoms with Crippen molar-refractivity contribution in [1.29, 1.82) is 0 Å². The largest absolute Gasteiger partial charge is 0.353 e. The third kappa shape index (κ3) is 2.01. The van der Waals surface area contributed by atoms with Gasteiger partial charge in [-0.05, 0) is 19.3 Å². The molecule has 0 spiro atoms. The van der Waals surface area contributed by atoms with E-state index in [9.17, 15) is 4.79 Å². The van der Waals surface area contributed by atoms with Crippen LogP contribution in [-0.4, -0.2) is 34.4 Å². The highest BCUT2D eigenvalue weighted by molar-refractivity contribution is 7.09. The molecule has 1 atom stereocenters. The molecular formula is C11H16N4OS. The lowest BCUT2D eigenvalue weighted by molar-refractivity contribution is -0.123. The van der Waals surface area contributed by atoms with Gasteiger partial charge in [-0.3, -0.25) is 4.79 Å². The summed E-state index contributed by atoms with van der Waals surface area (Å²) in [5.74, 6) is 1.67. The predicted octanol–water partition coefficient (Wildman–Crippen LogP) is 1.13. The van der Waals surface area contributed by atoms with Crippen LogP contribution in [0.1, 0.15) is 37.9 Å². The number of carbonyl (C=O) groups is 1. The molecule has 1 saturated carbocycles. The van der Waals surface area contributed by atoms with Gasteiger partial charge in [-0.15, -0.1) is 0 Å². The smallest absolute Gasteiger partial charge is 0.242 e. The first kappa shape index (κ1) is 11.0. The van der Waals surface area contributed by atoms with Crippen LogP contribution in [0.25, 0.3) is 0 Å². The number of nitrogens with one attached hydrogen (secondary N) is 1. The number of anilines is 1. The monoisotopic (exact) mass is 252 g/mol. The second-order valence-corrected chi connectivity index (χ2v) is 5.35. The van der Waals surface area contributed by atoms with Gasteiger partial charge in [0.15, 0.2) is 0 Å². The van der Waals surface area contributed by atoms with Crippen molar-refractivity contribution < 1.29 is 4.79 Å². The maximum atomic E-state index is 11.8. The van der Waals surface area contributed by atoms with Gasteiger partial charge in [0.1, 0.15) is 11.9 Å². The van der Waals surface area contributed by atoms with Crippen LogP contribution in [0, 0.1) is 0 Å². The summed E-state index contributed by atoms with van der Waals surface area (Å²) in [5.41, 5.74) is 0. The van der Waals surface area contributed by atoms with Crippen molar-refractivity contribution in [3.05, 3.63) is 5.82 Å². The molecule has 0 bridgehead atoms. The van der Waals surface area contributed by atoms with Crippen molar-refractivity contribution >= 4 is 22.6 Å². The molecule has 17 heavy (non-hydrogen) atoms. The normalized spacial score (nSPS) is 24.9. The molecule has 1 aliphatic heterocycles. The van der Waals surface area contributed by atoms with E-state index in [1.165, 1.54) is 24.4 Å². The highest BCUT2D eigenvalue weighted by Gasteiger charge is 2.33. The molecule has 2 fully saturated rings. The van der Waals surface area contributed by atoms with Crippen LogP contribution < -0.4 is 10.2 Å². The fourth-order valence-electron chi connectivity index (χ4n) is 2.20. The Morgan fingerprint density at radius 1 is 1.53 bits per heavy atom. The summed E-state index contributed by atoms with van der Waals surface area (Å²) in [6, 6.07) is -0.0799. The van der Waals surface area contributed by atoms with Gasteiger partial charge >= 0.3 is 0 Å². The molecule has 2 heterocycles. The highest BCUT2D eigenvalue weighted by atomic mass is 32.1. The van der Waals surface area contributed by atoms with Crippen LogP contribution in [-0.2, 0) is 4.79 Å². The van der Waals surface area contributed by atoms with Gasteiger partial charge in [-0.25, -0.2) is 4.98 Å². The number of hydrogen-bond donors (Lipinski definition) is 1. The molecule has 0 aromatic carbocycles. The Labute approximate surface area is 104 Å². The lowest BCUT2D eigenvalue weighted by Gasteiger charge is -2.33. The van der Waals surface area contributed by atoms with E-state index in [1.807, 2.05) is 6.92 Å². The van der Waals surface area contributed by atoms with Crippen LogP contribution in [0.15, 0.2) is 0 Å². The van der Waals surface area contributed by atoms with Gasteiger partial charge in [-0.2, -0.15) is 4.37 Å². The van der Waals surface area contributed by atoms with Gasteiger partial charge < -0.3 is 10.2 Å². The number of aromatic nitrogens is 2. The SMILES string of the molecule is CCC1C(=O)NCCN1c1nc(C2CC2)ns1. The Morgan fingerprint density at radius 3 is 3.06 bits per heavy atom. The number of carbonyl (C=O) groups excluding carboxylic acids is 1. The first-order chi connectivity index (χ1) is 8.29. The summed E-state index contributed by atoms with van der Waals surface area (Å²) in [7, 11) is 0. The molecular weight excluding hydrogens is 236 g/mol. The molecule has 2 aliphatic rings. The summed E-state index contributed by atoms with van der Waals surface area (Å²) in [6.45, 7) is 3.57. The molecule has 1 amide bonds. The van der Waals surface area contributed by atoms with Crippen LogP contribution in [0.2, 0.25) is 0 Å². The quantitative estimate of drug-likeness (QED) is 0.876. The molecule has 1 unspecified atom stereocenters. The number of rotatable bonds is 3.